The van der Waals surface area contributed by atoms with E-state index in [9.17, 15) is 14.4 Å². The van der Waals surface area contributed by atoms with Gasteiger partial charge in [-0.3, -0.25) is 14.4 Å². The van der Waals surface area contributed by atoms with E-state index < -0.39 is 6.10 Å². The summed E-state index contributed by atoms with van der Waals surface area (Å²) in [5.74, 6) is -0.995. The number of unbranched alkanes of at least 4 members (excludes halogenated alkanes) is 12. The van der Waals surface area contributed by atoms with Crippen LogP contribution in [0.3, 0.4) is 0 Å². The number of carbonyl (C=O) groups is 3. The van der Waals surface area contributed by atoms with Crippen molar-refractivity contribution in [1.82, 2.24) is 0 Å². The lowest BCUT2D eigenvalue weighted by Crippen LogP contribution is -2.30. The zero-order chi connectivity index (χ0) is 54.3. The van der Waals surface area contributed by atoms with Crippen molar-refractivity contribution >= 4 is 17.9 Å². The summed E-state index contributed by atoms with van der Waals surface area (Å²) >= 11 is 0. The lowest BCUT2D eigenvalue weighted by atomic mass is 10.1. The van der Waals surface area contributed by atoms with Crippen LogP contribution in [0.15, 0.2) is 170 Å². The highest BCUT2D eigenvalue weighted by Gasteiger charge is 2.19. The van der Waals surface area contributed by atoms with Crippen LogP contribution >= 0.6 is 0 Å². The first-order chi connectivity index (χ1) is 37.0. The number of hydrogen-bond acceptors (Lipinski definition) is 6. The van der Waals surface area contributed by atoms with Gasteiger partial charge >= 0.3 is 17.9 Å². The molecule has 0 aromatic carbocycles. The first-order valence-electron chi connectivity index (χ1n) is 29.6. The predicted octanol–water partition coefficient (Wildman–Crippen LogP) is 20.3. The largest absolute Gasteiger partial charge is 0.462 e. The molecule has 0 bridgehead atoms. The Bertz CT molecular complexity index is 1750. The topological polar surface area (TPSA) is 78.9 Å². The quantitative estimate of drug-likeness (QED) is 0.0261. The highest BCUT2D eigenvalue weighted by Crippen LogP contribution is 2.12. The molecule has 0 aliphatic heterocycles. The second-order valence-corrected chi connectivity index (χ2v) is 18.8. The van der Waals surface area contributed by atoms with Gasteiger partial charge in [-0.2, -0.15) is 0 Å². The minimum atomic E-state index is -0.817. The minimum absolute atomic E-state index is 0.110. The Morgan fingerprint density at radius 3 is 0.813 bits per heavy atom. The van der Waals surface area contributed by atoms with Gasteiger partial charge in [0.2, 0.25) is 0 Å². The fraction of sp³-hybridized carbons (Fsp3) is 0.551. The summed E-state index contributed by atoms with van der Waals surface area (Å²) in [7, 11) is 0. The van der Waals surface area contributed by atoms with E-state index in [4.69, 9.17) is 14.2 Å². The molecule has 0 aromatic heterocycles. The van der Waals surface area contributed by atoms with Crippen molar-refractivity contribution in [3.05, 3.63) is 170 Å². The van der Waals surface area contributed by atoms with Gasteiger partial charge in [-0.1, -0.05) is 242 Å². The Morgan fingerprint density at radius 1 is 0.280 bits per heavy atom. The maximum atomic E-state index is 12.8. The van der Waals surface area contributed by atoms with E-state index in [-0.39, 0.29) is 37.5 Å². The van der Waals surface area contributed by atoms with Crippen molar-refractivity contribution in [2.75, 3.05) is 13.2 Å². The maximum Gasteiger partial charge on any atom is 0.306 e. The standard InChI is InChI=1S/C69H106O6/c1-4-7-10-13-16-18-20-22-24-26-28-30-32-34-36-38-40-42-44-46-48-50-53-56-59-62-68(71)74-65-66(64-73-67(70)61-58-55-52-15-12-9-6-3)75-69(72)63-60-57-54-51-49-47-45-43-41-39-37-35-33-31-29-27-25-23-21-19-17-14-11-8-5-2/h7-8,10-11,16-19,22-25,28-31,34-37,40-43,46-49,66H,4-6,9,12-15,20-21,26-27,32-33,38-39,44-45,50-65H2,1-3H3/b10-7-,11-8-,18-16-,19-17-,24-22-,25-23-,30-28-,31-29-,36-34-,37-35-,42-40-,43-41-,48-46-,49-47-. The number of carbonyl (C=O) groups excluding carboxylic acids is 3. The van der Waals surface area contributed by atoms with Gasteiger partial charge in [0.1, 0.15) is 13.2 Å². The zero-order valence-electron chi connectivity index (χ0n) is 47.7. The van der Waals surface area contributed by atoms with Crippen LogP contribution in [0, 0.1) is 0 Å². The number of esters is 3. The van der Waals surface area contributed by atoms with Crippen LogP contribution in [0.2, 0.25) is 0 Å². The smallest absolute Gasteiger partial charge is 0.306 e. The number of allylic oxidation sites excluding steroid dienone is 28. The van der Waals surface area contributed by atoms with E-state index in [0.29, 0.717) is 19.3 Å². The van der Waals surface area contributed by atoms with Gasteiger partial charge in [0.25, 0.3) is 0 Å². The lowest BCUT2D eigenvalue weighted by molar-refractivity contribution is -0.167. The molecule has 0 rings (SSSR count). The third kappa shape index (κ3) is 59.5. The van der Waals surface area contributed by atoms with E-state index in [1.54, 1.807) is 0 Å². The van der Waals surface area contributed by atoms with Crippen molar-refractivity contribution in [3.8, 4) is 0 Å². The molecule has 0 fully saturated rings. The predicted molar refractivity (Wildman–Crippen MR) is 325 cm³/mol. The molecule has 1 atom stereocenters. The molecule has 0 radical (unpaired) electrons. The molecule has 6 heteroatoms. The minimum Gasteiger partial charge on any atom is -0.462 e. The van der Waals surface area contributed by atoms with E-state index in [2.05, 4.69) is 191 Å². The molecule has 75 heavy (non-hydrogen) atoms. The fourth-order valence-corrected chi connectivity index (χ4v) is 7.34. The molecule has 1 unspecified atom stereocenters. The van der Waals surface area contributed by atoms with E-state index >= 15 is 0 Å². The normalized spacial score (nSPS) is 13.4. The Morgan fingerprint density at radius 2 is 0.520 bits per heavy atom. The van der Waals surface area contributed by atoms with E-state index in [1.807, 2.05) is 0 Å². The molecule has 6 nitrogen and oxygen atoms in total. The van der Waals surface area contributed by atoms with Crippen molar-refractivity contribution in [2.24, 2.45) is 0 Å². The Kier molecular flexibility index (Phi) is 57.0. The summed E-state index contributed by atoms with van der Waals surface area (Å²) in [5.41, 5.74) is 0. The average molecular weight is 1030 g/mol. The molecule has 0 amide bonds. The molecule has 0 saturated carbocycles. The summed E-state index contributed by atoms with van der Waals surface area (Å²) in [6, 6.07) is 0. The van der Waals surface area contributed by atoms with Crippen molar-refractivity contribution in [1.29, 1.82) is 0 Å². The Balaban J connectivity index is 4.38. The molecule has 418 valence electrons. The van der Waals surface area contributed by atoms with Gasteiger partial charge in [-0.25, -0.2) is 0 Å². The van der Waals surface area contributed by atoms with Crippen molar-refractivity contribution in [2.45, 2.75) is 232 Å². The van der Waals surface area contributed by atoms with Gasteiger partial charge in [-0.05, 0) is 135 Å². The molecule has 0 spiro atoms. The number of hydrogen-bond donors (Lipinski definition) is 0. The van der Waals surface area contributed by atoms with Crippen LogP contribution in [0.1, 0.15) is 226 Å². The van der Waals surface area contributed by atoms with Gasteiger partial charge in [-0.15, -0.1) is 0 Å². The Hall–Kier alpha value is -5.23. The molecule has 0 N–H and O–H groups in total. The molecule has 0 aliphatic carbocycles. The maximum absolute atomic E-state index is 12.8. The average Bonchev–Trinajstić information content (AvgIpc) is 3.41. The summed E-state index contributed by atoms with van der Waals surface area (Å²) < 4.78 is 16.7. The highest BCUT2D eigenvalue weighted by molar-refractivity contribution is 5.71. The van der Waals surface area contributed by atoms with Crippen LogP contribution in [-0.2, 0) is 28.6 Å². The summed E-state index contributed by atoms with van der Waals surface area (Å²) in [5, 5.41) is 0. The molecule has 0 aliphatic rings. The fourth-order valence-electron chi connectivity index (χ4n) is 7.34. The lowest BCUT2D eigenvalue weighted by Gasteiger charge is -2.18. The second kappa shape index (κ2) is 61.3. The van der Waals surface area contributed by atoms with Gasteiger partial charge in [0.15, 0.2) is 6.10 Å². The van der Waals surface area contributed by atoms with Crippen LogP contribution in [0.25, 0.3) is 0 Å². The van der Waals surface area contributed by atoms with Gasteiger partial charge in [0.05, 0.1) is 0 Å². The first-order valence-corrected chi connectivity index (χ1v) is 29.6. The summed E-state index contributed by atoms with van der Waals surface area (Å²) in [6.45, 7) is 6.29. The third-order valence-corrected chi connectivity index (χ3v) is 11.7. The summed E-state index contributed by atoms with van der Waals surface area (Å²) in [6.07, 6.45) is 90.8. The van der Waals surface area contributed by atoms with Gasteiger partial charge in [0, 0.05) is 19.3 Å². The Labute approximate surface area is 460 Å². The van der Waals surface area contributed by atoms with Crippen molar-refractivity contribution in [3.63, 3.8) is 0 Å². The SMILES string of the molecule is CC/C=C\C/C=C\C/C=C\C/C=C\C/C=C\C/C=C\C/C=C\CCCCCC(=O)OCC(COC(=O)CCCCCCCCC)OC(=O)CCCCC/C=C\C/C=C\C/C=C\C/C=C\C/C=C\C/C=C\C/C=C\CC. The number of ether oxygens (including phenoxy) is 3. The highest BCUT2D eigenvalue weighted by atomic mass is 16.6. The molecular weight excluding hydrogens is 925 g/mol. The molecular formula is C69H106O6. The van der Waals surface area contributed by atoms with Crippen LogP contribution < -0.4 is 0 Å². The number of rotatable bonds is 51. The van der Waals surface area contributed by atoms with Crippen molar-refractivity contribution < 1.29 is 28.6 Å². The first kappa shape index (κ1) is 69.8. The molecule has 0 saturated heterocycles. The van der Waals surface area contributed by atoms with E-state index in [1.165, 1.54) is 25.7 Å². The summed E-state index contributed by atoms with van der Waals surface area (Å²) in [4.78, 5) is 38.0. The van der Waals surface area contributed by atoms with Crippen LogP contribution in [-0.4, -0.2) is 37.2 Å². The zero-order valence-corrected chi connectivity index (χ0v) is 47.7. The van der Waals surface area contributed by atoms with Crippen LogP contribution in [0.4, 0.5) is 0 Å². The second-order valence-electron chi connectivity index (χ2n) is 18.8. The molecule has 0 aromatic rings. The van der Waals surface area contributed by atoms with Gasteiger partial charge < -0.3 is 14.2 Å². The molecule has 0 heterocycles. The van der Waals surface area contributed by atoms with Crippen LogP contribution in [0.5, 0.6) is 0 Å². The monoisotopic (exact) mass is 1030 g/mol. The van der Waals surface area contributed by atoms with E-state index in [0.717, 1.165) is 154 Å². The third-order valence-electron chi connectivity index (χ3n) is 11.7.